The van der Waals surface area contributed by atoms with E-state index in [1.165, 1.54) is 18.4 Å². The molecule has 0 saturated heterocycles. The van der Waals surface area contributed by atoms with Gasteiger partial charge in [0, 0.05) is 0 Å². The summed E-state index contributed by atoms with van der Waals surface area (Å²) < 4.78 is 11.1. The van der Waals surface area contributed by atoms with Gasteiger partial charge >= 0.3 is 0 Å². The summed E-state index contributed by atoms with van der Waals surface area (Å²) in [6, 6.07) is 6.24. The van der Waals surface area contributed by atoms with Crippen LogP contribution in [0.25, 0.3) is 0 Å². The van der Waals surface area contributed by atoms with Crippen LogP contribution in [0.5, 0.6) is 11.5 Å². The Morgan fingerprint density at radius 2 is 1.62 bits per heavy atom. The first-order valence-corrected chi connectivity index (χ1v) is 6.20. The third-order valence-corrected chi connectivity index (χ3v) is 2.43. The number of unbranched alkanes of at least 4 members (excludes halogenated alkanes) is 1. The zero-order valence-electron chi connectivity index (χ0n) is 10.6. The molecule has 0 amide bonds. The maximum Gasteiger partial charge on any atom is 0.161 e. The van der Waals surface area contributed by atoms with Crippen molar-refractivity contribution in [1.82, 2.24) is 0 Å². The fraction of sp³-hybridized carbons (Fsp3) is 0.571. The Bertz CT molecular complexity index is 308. The molecule has 0 heterocycles. The lowest BCUT2D eigenvalue weighted by Crippen LogP contribution is -1.99. The van der Waals surface area contributed by atoms with E-state index in [0.717, 1.165) is 17.9 Å². The molecule has 0 spiro atoms. The van der Waals surface area contributed by atoms with Crippen LogP contribution < -0.4 is 9.47 Å². The zero-order valence-corrected chi connectivity index (χ0v) is 10.6. The summed E-state index contributed by atoms with van der Waals surface area (Å²) in [5, 5.41) is 0. The molecule has 1 aromatic carbocycles. The van der Waals surface area contributed by atoms with Gasteiger partial charge < -0.3 is 9.47 Å². The van der Waals surface area contributed by atoms with E-state index in [2.05, 4.69) is 19.1 Å². The Hall–Kier alpha value is -1.18. The van der Waals surface area contributed by atoms with E-state index in [0.29, 0.717) is 13.2 Å². The number of hydrogen-bond donors (Lipinski definition) is 0. The minimum absolute atomic E-state index is 0.675. The molecule has 2 heteroatoms. The lowest BCUT2D eigenvalue weighted by molar-refractivity contribution is 0.287. The summed E-state index contributed by atoms with van der Waals surface area (Å²) >= 11 is 0. The number of benzene rings is 1. The highest BCUT2D eigenvalue weighted by Gasteiger charge is 2.05. The van der Waals surface area contributed by atoms with Gasteiger partial charge in [-0.25, -0.2) is 0 Å². The van der Waals surface area contributed by atoms with Crippen LogP contribution in [-0.4, -0.2) is 13.2 Å². The van der Waals surface area contributed by atoms with Crippen LogP contribution in [0.1, 0.15) is 39.2 Å². The summed E-state index contributed by atoms with van der Waals surface area (Å²) in [7, 11) is 0. The predicted molar refractivity (Wildman–Crippen MR) is 67.4 cm³/mol. The average Bonchev–Trinajstić information content (AvgIpc) is 2.30. The van der Waals surface area contributed by atoms with Crippen LogP contribution in [0.3, 0.4) is 0 Å². The summed E-state index contributed by atoms with van der Waals surface area (Å²) in [4.78, 5) is 0. The van der Waals surface area contributed by atoms with E-state index in [4.69, 9.17) is 9.47 Å². The molecule has 0 N–H and O–H groups in total. The average molecular weight is 222 g/mol. The Morgan fingerprint density at radius 1 is 0.938 bits per heavy atom. The summed E-state index contributed by atoms with van der Waals surface area (Å²) in [5.74, 6) is 1.72. The number of hydrogen-bond acceptors (Lipinski definition) is 2. The Labute approximate surface area is 98.6 Å². The van der Waals surface area contributed by atoms with Crippen molar-refractivity contribution in [3.8, 4) is 11.5 Å². The Morgan fingerprint density at radius 3 is 2.25 bits per heavy atom. The number of aryl methyl sites for hydroxylation is 1. The fourth-order valence-electron chi connectivity index (χ4n) is 1.63. The van der Waals surface area contributed by atoms with Gasteiger partial charge in [-0.1, -0.05) is 19.4 Å². The monoisotopic (exact) mass is 222 g/mol. The molecular weight excluding hydrogens is 200 g/mol. The number of ether oxygens (including phenoxy) is 2. The van der Waals surface area contributed by atoms with Crippen molar-refractivity contribution in [2.24, 2.45) is 0 Å². The molecule has 2 nitrogen and oxygen atoms in total. The second-order valence-corrected chi connectivity index (χ2v) is 3.75. The van der Waals surface area contributed by atoms with Crippen molar-refractivity contribution in [3.63, 3.8) is 0 Å². The predicted octanol–water partition coefficient (Wildman–Crippen LogP) is 3.83. The van der Waals surface area contributed by atoms with Gasteiger partial charge in [0.25, 0.3) is 0 Å². The Balaban J connectivity index is 2.79. The molecule has 0 bridgehead atoms. The molecule has 0 aliphatic carbocycles. The molecule has 90 valence electrons. The van der Waals surface area contributed by atoms with Gasteiger partial charge in [-0.15, -0.1) is 0 Å². The van der Waals surface area contributed by atoms with E-state index in [1.807, 2.05) is 19.9 Å². The van der Waals surface area contributed by atoms with Gasteiger partial charge in [0.05, 0.1) is 13.2 Å². The van der Waals surface area contributed by atoms with Gasteiger partial charge in [-0.2, -0.15) is 0 Å². The maximum absolute atomic E-state index is 5.59. The van der Waals surface area contributed by atoms with E-state index in [-0.39, 0.29) is 0 Å². The van der Waals surface area contributed by atoms with E-state index in [9.17, 15) is 0 Å². The topological polar surface area (TPSA) is 18.5 Å². The molecule has 16 heavy (non-hydrogen) atoms. The summed E-state index contributed by atoms with van der Waals surface area (Å²) in [5.41, 5.74) is 1.33. The third kappa shape index (κ3) is 3.76. The van der Waals surface area contributed by atoms with Crippen molar-refractivity contribution < 1.29 is 9.47 Å². The van der Waals surface area contributed by atoms with Crippen LogP contribution in [0.2, 0.25) is 0 Å². The van der Waals surface area contributed by atoms with Crippen LogP contribution >= 0.6 is 0 Å². The highest BCUT2D eigenvalue weighted by atomic mass is 16.5. The molecule has 0 aliphatic rings. The molecular formula is C14H22O2. The minimum Gasteiger partial charge on any atom is -0.490 e. The third-order valence-electron chi connectivity index (χ3n) is 2.43. The summed E-state index contributed by atoms with van der Waals surface area (Å²) in [6.07, 6.45) is 3.56. The zero-order chi connectivity index (χ0) is 11.8. The van der Waals surface area contributed by atoms with Gasteiger partial charge in [-0.3, -0.25) is 0 Å². The quantitative estimate of drug-likeness (QED) is 0.698. The number of rotatable bonds is 7. The van der Waals surface area contributed by atoms with Crippen molar-refractivity contribution >= 4 is 0 Å². The van der Waals surface area contributed by atoms with Gasteiger partial charge in [-0.05, 0) is 44.4 Å². The summed E-state index contributed by atoms with van der Waals surface area (Å²) in [6.45, 7) is 7.54. The minimum atomic E-state index is 0.675. The molecule has 1 aromatic rings. The van der Waals surface area contributed by atoms with Crippen molar-refractivity contribution in [1.29, 1.82) is 0 Å². The molecule has 0 fully saturated rings. The second-order valence-electron chi connectivity index (χ2n) is 3.75. The molecule has 0 atom stereocenters. The molecule has 0 saturated carbocycles. The van der Waals surface area contributed by atoms with Crippen LogP contribution in [0.4, 0.5) is 0 Å². The molecule has 0 radical (unpaired) electrons. The molecule has 1 rings (SSSR count). The lowest BCUT2D eigenvalue weighted by Gasteiger charge is -2.12. The van der Waals surface area contributed by atoms with Crippen molar-refractivity contribution in [2.75, 3.05) is 13.2 Å². The highest BCUT2D eigenvalue weighted by Crippen LogP contribution is 2.29. The van der Waals surface area contributed by atoms with E-state index >= 15 is 0 Å². The van der Waals surface area contributed by atoms with Gasteiger partial charge in [0.2, 0.25) is 0 Å². The van der Waals surface area contributed by atoms with Crippen LogP contribution in [-0.2, 0) is 6.42 Å². The van der Waals surface area contributed by atoms with Crippen molar-refractivity contribution in [3.05, 3.63) is 23.8 Å². The normalized spacial score (nSPS) is 10.2. The SMILES string of the molecule is CCCCc1ccc(OCC)c(OCC)c1. The molecule has 0 unspecified atom stereocenters. The van der Waals surface area contributed by atoms with E-state index < -0.39 is 0 Å². The molecule has 0 aliphatic heterocycles. The highest BCUT2D eigenvalue weighted by molar-refractivity contribution is 5.43. The first-order valence-electron chi connectivity index (χ1n) is 6.20. The first-order chi connectivity index (χ1) is 7.81. The lowest BCUT2D eigenvalue weighted by atomic mass is 10.1. The van der Waals surface area contributed by atoms with Gasteiger partial charge in [0.1, 0.15) is 0 Å². The van der Waals surface area contributed by atoms with Crippen LogP contribution in [0.15, 0.2) is 18.2 Å². The first kappa shape index (κ1) is 12.9. The van der Waals surface area contributed by atoms with Gasteiger partial charge in [0.15, 0.2) is 11.5 Å². The van der Waals surface area contributed by atoms with Crippen molar-refractivity contribution in [2.45, 2.75) is 40.0 Å². The smallest absolute Gasteiger partial charge is 0.161 e. The fourth-order valence-corrected chi connectivity index (χ4v) is 1.63. The Kier molecular flexibility index (Phi) is 5.76. The maximum atomic E-state index is 5.59. The largest absolute Gasteiger partial charge is 0.490 e. The standard InChI is InChI=1S/C14H22O2/c1-4-7-8-12-9-10-13(15-5-2)14(11-12)16-6-3/h9-11H,4-8H2,1-3H3. The van der Waals surface area contributed by atoms with E-state index in [1.54, 1.807) is 0 Å². The second kappa shape index (κ2) is 7.15. The molecule has 0 aromatic heterocycles. The van der Waals surface area contributed by atoms with Crippen LogP contribution in [0, 0.1) is 0 Å².